The highest BCUT2D eigenvalue weighted by Crippen LogP contribution is 2.34. The molecule has 9 heteroatoms. The number of amides is 2. The van der Waals surface area contributed by atoms with Crippen molar-refractivity contribution in [3.05, 3.63) is 90.1 Å². The molecule has 1 aromatic heterocycles. The topological polar surface area (TPSA) is 96.7 Å². The maximum Gasteiger partial charge on any atom is 0.435 e. The third-order valence-corrected chi connectivity index (χ3v) is 4.91. The highest BCUT2D eigenvalue weighted by molar-refractivity contribution is 5.87. The lowest BCUT2D eigenvalue weighted by molar-refractivity contribution is -0.141. The number of hydrogen-bond donors (Lipinski definition) is 2. The molecule has 164 valence electrons. The van der Waals surface area contributed by atoms with Crippen LogP contribution in [0.25, 0.3) is 28.1 Å². The predicted molar refractivity (Wildman–Crippen MR) is 117 cm³/mol. The molecule has 0 unspecified atom stereocenters. The Kier molecular flexibility index (Phi) is 5.58. The van der Waals surface area contributed by atoms with Crippen LogP contribution >= 0.6 is 0 Å². The van der Waals surface area contributed by atoms with Crippen LogP contribution in [0.4, 0.5) is 23.7 Å². The van der Waals surface area contributed by atoms with Crippen LogP contribution in [0.1, 0.15) is 11.3 Å². The van der Waals surface area contributed by atoms with Gasteiger partial charge >= 0.3 is 12.2 Å². The summed E-state index contributed by atoms with van der Waals surface area (Å²) < 4.78 is 41.4. The van der Waals surface area contributed by atoms with Crippen molar-refractivity contribution in [2.75, 3.05) is 5.32 Å². The fourth-order valence-corrected chi connectivity index (χ4v) is 3.32. The Hall–Kier alpha value is -4.58. The molecule has 33 heavy (non-hydrogen) atoms. The van der Waals surface area contributed by atoms with E-state index >= 15 is 0 Å². The fourth-order valence-electron chi connectivity index (χ4n) is 3.32. The van der Waals surface area contributed by atoms with Gasteiger partial charge in [-0.15, -0.1) is 0 Å². The number of benzene rings is 3. The van der Waals surface area contributed by atoms with Crippen LogP contribution in [-0.2, 0) is 6.18 Å². The smallest absolute Gasteiger partial charge is 0.351 e. The molecular formula is C24H16F3N5O. The summed E-state index contributed by atoms with van der Waals surface area (Å²) in [4.78, 5) is 11.0. The number of nitrogens with zero attached hydrogens (tertiary/aromatic N) is 3. The highest BCUT2D eigenvalue weighted by atomic mass is 19.4. The fraction of sp³-hybridized carbons (Fsp3) is 0.0417. The van der Waals surface area contributed by atoms with Crippen LogP contribution in [0.3, 0.4) is 0 Å². The van der Waals surface area contributed by atoms with Gasteiger partial charge in [-0.2, -0.15) is 23.5 Å². The second kappa shape index (κ2) is 8.51. The molecule has 6 nitrogen and oxygen atoms in total. The third kappa shape index (κ3) is 4.70. The van der Waals surface area contributed by atoms with Crippen molar-refractivity contribution in [1.29, 1.82) is 5.26 Å². The molecule has 0 atom stereocenters. The van der Waals surface area contributed by atoms with Gasteiger partial charge in [0, 0.05) is 11.3 Å². The van der Waals surface area contributed by atoms with Crippen molar-refractivity contribution >= 4 is 11.7 Å². The number of aromatic nitrogens is 2. The zero-order valence-corrected chi connectivity index (χ0v) is 17.0. The van der Waals surface area contributed by atoms with Crippen LogP contribution in [-0.4, -0.2) is 15.8 Å². The molecule has 3 N–H and O–H groups in total. The Morgan fingerprint density at radius 1 is 0.909 bits per heavy atom. The van der Waals surface area contributed by atoms with Gasteiger partial charge < -0.3 is 11.1 Å². The number of rotatable bonds is 4. The van der Waals surface area contributed by atoms with Gasteiger partial charge in [0.05, 0.1) is 23.0 Å². The molecule has 3 aromatic carbocycles. The van der Waals surface area contributed by atoms with Gasteiger partial charge in [0.25, 0.3) is 0 Å². The number of hydrogen-bond acceptors (Lipinski definition) is 3. The first-order valence-electron chi connectivity index (χ1n) is 9.70. The Morgan fingerprint density at radius 3 is 1.97 bits per heavy atom. The molecule has 0 aliphatic heterocycles. The number of nitrogens with one attached hydrogen (secondary N) is 1. The number of nitriles is 1. The van der Waals surface area contributed by atoms with E-state index in [2.05, 4.69) is 16.5 Å². The first-order chi connectivity index (χ1) is 15.7. The molecule has 1 heterocycles. The first-order valence-corrected chi connectivity index (χ1v) is 9.70. The molecule has 0 aliphatic rings. The van der Waals surface area contributed by atoms with Crippen molar-refractivity contribution in [2.24, 2.45) is 5.73 Å². The number of halogens is 3. The lowest BCUT2D eigenvalue weighted by atomic mass is 10.0. The third-order valence-electron chi connectivity index (χ3n) is 4.91. The monoisotopic (exact) mass is 447 g/mol. The molecule has 0 aliphatic carbocycles. The standard InChI is InChI=1S/C24H16F3N5O/c25-24(26,27)22-13-21(32(31-22)20-11-9-19(10-12-20)30-23(29)33)18-7-5-17(6-8-18)16-3-1-15(14-28)2-4-16/h1-13H,(H3,29,30,33). The molecular weight excluding hydrogens is 431 g/mol. The van der Waals surface area contributed by atoms with Gasteiger partial charge in [0.1, 0.15) is 0 Å². The summed E-state index contributed by atoms with van der Waals surface area (Å²) in [6.07, 6.45) is -4.62. The maximum absolute atomic E-state index is 13.4. The van der Waals surface area contributed by atoms with Crippen LogP contribution < -0.4 is 11.1 Å². The van der Waals surface area contributed by atoms with Crippen LogP contribution in [0, 0.1) is 11.3 Å². The number of alkyl halides is 3. The predicted octanol–water partition coefficient (Wildman–Crippen LogP) is 5.59. The lowest BCUT2D eigenvalue weighted by Crippen LogP contribution is -2.19. The SMILES string of the molecule is N#Cc1ccc(-c2ccc(-c3cc(C(F)(F)F)nn3-c3ccc(NC(N)=O)cc3)cc2)cc1. The Labute approximate surface area is 186 Å². The average molecular weight is 447 g/mol. The molecule has 4 aromatic rings. The highest BCUT2D eigenvalue weighted by Gasteiger charge is 2.35. The van der Waals surface area contributed by atoms with E-state index in [1.165, 1.54) is 28.9 Å². The van der Waals surface area contributed by atoms with E-state index in [1.54, 1.807) is 48.5 Å². The maximum atomic E-state index is 13.4. The summed E-state index contributed by atoms with van der Waals surface area (Å²) in [5, 5.41) is 15.1. The van der Waals surface area contributed by atoms with Gasteiger partial charge in [0.2, 0.25) is 0 Å². The number of carbonyl (C=O) groups excluding carboxylic acids is 1. The molecule has 0 spiro atoms. The largest absolute Gasteiger partial charge is 0.435 e. The zero-order chi connectivity index (χ0) is 23.6. The number of carbonyl (C=O) groups is 1. The molecule has 0 radical (unpaired) electrons. The van der Waals surface area contributed by atoms with Crippen molar-refractivity contribution in [1.82, 2.24) is 9.78 Å². The minimum Gasteiger partial charge on any atom is -0.351 e. The second-order valence-electron chi connectivity index (χ2n) is 7.13. The van der Waals surface area contributed by atoms with Gasteiger partial charge in [-0.3, -0.25) is 0 Å². The van der Waals surface area contributed by atoms with E-state index in [0.29, 0.717) is 22.5 Å². The summed E-state index contributed by atoms with van der Waals surface area (Å²) >= 11 is 0. The first kappa shape index (κ1) is 21.6. The Balaban J connectivity index is 1.72. The molecule has 2 amide bonds. The molecule has 0 saturated carbocycles. The molecule has 0 fully saturated rings. The minimum absolute atomic E-state index is 0.254. The number of anilines is 1. The van der Waals surface area contributed by atoms with Gasteiger partial charge in [-0.25, -0.2) is 9.48 Å². The summed E-state index contributed by atoms with van der Waals surface area (Å²) in [7, 11) is 0. The van der Waals surface area contributed by atoms with E-state index in [4.69, 9.17) is 11.0 Å². The van der Waals surface area contributed by atoms with Gasteiger partial charge in [-0.1, -0.05) is 36.4 Å². The molecule has 4 rings (SSSR count). The zero-order valence-electron chi connectivity index (χ0n) is 17.0. The number of urea groups is 1. The van der Waals surface area contributed by atoms with Crippen LogP contribution in [0.2, 0.25) is 0 Å². The quantitative estimate of drug-likeness (QED) is 0.427. The van der Waals surface area contributed by atoms with E-state index in [-0.39, 0.29) is 5.69 Å². The van der Waals surface area contributed by atoms with E-state index in [0.717, 1.165) is 17.2 Å². The summed E-state index contributed by atoms with van der Waals surface area (Å²) in [5.41, 5.74) is 7.91. The summed E-state index contributed by atoms with van der Waals surface area (Å²) in [6, 6.07) is 22.4. The molecule has 0 saturated heterocycles. The number of nitrogens with two attached hydrogens (primary N) is 1. The Morgan fingerprint density at radius 2 is 1.45 bits per heavy atom. The van der Waals surface area contributed by atoms with Crippen LogP contribution in [0.15, 0.2) is 78.9 Å². The summed E-state index contributed by atoms with van der Waals surface area (Å²) in [5.74, 6) is 0. The lowest BCUT2D eigenvalue weighted by Gasteiger charge is -2.10. The van der Waals surface area contributed by atoms with E-state index < -0.39 is 17.9 Å². The van der Waals surface area contributed by atoms with Crippen LogP contribution in [0.5, 0.6) is 0 Å². The van der Waals surface area contributed by atoms with Crippen molar-refractivity contribution in [3.63, 3.8) is 0 Å². The Bertz CT molecular complexity index is 1330. The van der Waals surface area contributed by atoms with Crippen molar-refractivity contribution in [2.45, 2.75) is 6.18 Å². The van der Waals surface area contributed by atoms with Gasteiger partial charge in [0.15, 0.2) is 5.69 Å². The van der Waals surface area contributed by atoms with Crippen molar-refractivity contribution < 1.29 is 18.0 Å². The minimum atomic E-state index is -4.62. The second-order valence-corrected chi connectivity index (χ2v) is 7.13. The number of primary amides is 1. The average Bonchev–Trinajstić information content (AvgIpc) is 3.26. The van der Waals surface area contributed by atoms with Gasteiger partial charge in [-0.05, 0) is 53.6 Å². The van der Waals surface area contributed by atoms with E-state index in [1.807, 2.05) is 0 Å². The summed E-state index contributed by atoms with van der Waals surface area (Å²) in [6.45, 7) is 0. The van der Waals surface area contributed by atoms with Crippen molar-refractivity contribution in [3.8, 4) is 34.1 Å². The normalized spacial score (nSPS) is 11.1. The van der Waals surface area contributed by atoms with E-state index in [9.17, 15) is 18.0 Å². The molecule has 0 bridgehead atoms.